The van der Waals surface area contributed by atoms with Crippen LogP contribution in [0.3, 0.4) is 0 Å². The van der Waals surface area contributed by atoms with Crippen molar-refractivity contribution in [1.29, 1.82) is 0 Å². The second-order valence-corrected chi connectivity index (χ2v) is 24.7. The number of ether oxygens (including phenoxy) is 4. The van der Waals surface area contributed by atoms with Crippen molar-refractivity contribution in [2.45, 2.75) is 76.8 Å². The number of nitrogens with zero attached hydrogens (tertiary/aromatic N) is 4. The summed E-state index contributed by atoms with van der Waals surface area (Å²) < 4.78 is 24.0. The number of pyridine rings is 2. The maximum atomic E-state index is 12.7. The fourth-order valence-electron chi connectivity index (χ4n) is 13.4. The third-order valence-corrected chi connectivity index (χ3v) is 18.3. The number of ketones is 1. The Labute approximate surface area is 521 Å². The smallest absolute Gasteiger partial charge is 0.250 e. The Morgan fingerprint density at radius 2 is 0.933 bits per heavy atom. The molecule has 0 saturated carbocycles. The van der Waals surface area contributed by atoms with E-state index < -0.39 is 0 Å². The van der Waals surface area contributed by atoms with Crippen molar-refractivity contribution in [3.8, 4) is 45.5 Å². The first-order valence-corrected chi connectivity index (χ1v) is 31.9. The van der Waals surface area contributed by atoms with Crippen LogP contribution in [0.5, 0.6) is 23.0 Å². The summed E-state index contributed by atoms with van der Waals surface area (Å²) in [5, 5.41) is 7.58. The van der Waals surface area contributed by atoms with E-state index >= 15 is 0 Å². The topological polar surface area (TPSA) is 183 Å². The Morgan fingerprint density at radius 3 is 1.37 bits per heavy atom. The van der Waals surface area contributed by atoms with Crippen LogP contribution in [0.4, 0.5) is 28.4 Å². The zero-order chi connectivity index (χ0) is 60.6. The Balaban J connectivity index is 0.000000164. The van der Waals surface area contributed by atoms with Gasteiger partial charge in [-0.2, -0.15) is 0 Å². The van der Waals surface area contributed by atoms with Gasteiger partial charge in [0.15, 0.2) is 0 Å². The first-order chi connectivity index (χ1) is 43.5. The Morgan fingerprint density at radius 1 is 0.506 bits per heavy atom. The molecule has 8 aromatic rings. The number of nitrogen functional groups attached to an aromatic ring is 1. The van der Waals surface area contributed by atoms with Crippen LogP contribution in [0.15, 0.2) is 155 Å². The number of piperidine rings is 2. The molecule has 4 fully saturated rings. The molecule has 8 heterocycles. The largest absolute Gasteiger partial charge is 0.456 e. The average Bonchev–Trinajstić information content (AvgIpc) is 1.97. The highest BCUT2D eigenvalue weighted by atomic mass is 16.5. The highest BCUT2D eigenvalue weighted by molar-refractivity contribution is 5.78. The second kappa shape index (κ2) is 27.4. The number of carbonyl (C=O) groups excluding carboxylic acids is 1. The predicted octanol–water partition coefficient (Wildman–Crippen LogP) is 11.1. The summed E-state index contributed by atoms with van der Waals surface area (Å²) >= 11 is 0. The molecule has 16 nitrogen and oxygen atoms in total. The lowest BCUT2D eigenvalue weighted by atomic mass is 9.95. The zero-order valence-electron chi connectivity index (χ0n) is 51.0. The van der Waals surface area contributed by atoms with Crippen LogP contribution in [0.25, 0.3) is 22.5 Å². The van der Waals surface area contributed by atoms with E-state index in [9.17, 15) is 14.4 Å². The summed E-state index contributed by atoms with van der Waals surface area (Å²) in [7, 11) is 0. The number of H-pyrrole nitrogens is 2. The molecule has 14 rings (SSSR count). The van der Waals surface area contributed by atoms with Gasteiger partial charge in [-0.05, 0) is 146 Å². The van der Waals surface area contributed by atoms with E-state index in [0.717, 1.165) is 213 Å². The van der Waals surface area contributed by atoms with Crippen LogP contribution in [0.1, 0.15) is 71.6 Å². The molecule has 460 valence electrons. The van der Waals surface area contributed by atoms with Gasteiger partial charge in [0.05, 0.1) is 37.8 Å². The van der Waals surface area contributed by atoms with Gasteiger partial charge >= 0.3 is 0 Å². The predicted molar refractivity (Wildman–Crippen MR) is 355 cm³/mol. The van der Waals surface area contributed by atoms with E-state index in [2.05, 4.69) is 131 Å². The molecule has 6 N–H and O–H groups in total. The molecular weight excluding hydrogens is 1110 g/mol. The minimum Gasteiger partial charge on any atom is -0.456 e. The van der Waals surface area contributed by atoms with Crippen molar-refractivity contribution in [3.05, 3.63) is 205 Å². The molecule has 6 aromatic carbocycles. The number of aromatic nitrogens is 2. The zero-order valence-corrected chi connectivity index (χ0v) is 51.0. The van der Waals surface area contributed by atoms with Crippen molar-refractivity contribution in [2.24, 2.45) is 0 Å². The van der Waals surface area contributed by atoms with Crippen LogP contribution in [-0.4, -0.2) is 130 Å². The highest BCUT2D eigenvalue weighted by Gasteiger charge is 2.27. The number of likely N-dealkylation sites (tertiary alicyclic amines) is 2. The van der Waals surface area contributed by atoms with Crippen molar-refractivity contribution in [2.75, 3.05) is 118 Å². The summed E-state index contributed by atoms with van der Waals surface area (Å²) in [6.45, 7) is 13.9. The molecule has 0 radical (unpaired) electrons. The molecular formula is C73H81N9O7. The SMILES string of the molecule is CC(=O)Cc1ccc(CCN2CCC(Nc3ccc4c(c3)Cc3cccc(-c5cc(N6CCOCC6)cc(=O)[nH]5)c3O4)CC2)cc1.Nc1ccc(CCN2CCC(Nc3ccc4c(c3)Cc3cccc(-c5cc(N6CCOCC6)cc(=O)[nH]5)c3O4)CC2)cc1. The van der Waals surface area contributed by atoms with Gasteiger partial charge in [-0.25, -0.2) is 0 Å². The summed E-state index contributed by atoms with van der Waals surface area (Å²) in [6.07, 6.45) is 8.63. The van der Waals surface area contributed by atoms with Gasteiger partial charge in [-0.15, -0.1) is 0 Å². The van der Waals surface area contributed by atoms with Crippen molar-refractivity contribution in [3.63, 3.8) is 0 Å². The van der Waals surface area contributed by atoms with Gasteiger partial charge < -0.3 is 64.9 Å². The van der Waals surface area contributed by atoms with E-state index in [1.54, 1.807) is 19.1 Å². The first-order valence-electron chi connectivity index (χ1n) is 31.9. The molecule has 0 spiro atoms. The number of Topliss-reactive ketones (excluding diaryl/α,β-unsaturated/α-hetero) is 1. The van der Waals surface area contributed by atoms with Gasteiger partial charge in [0, 0.05) is 160 Å². The molecule has 0 bridgehead atoms. The average molecular weight is 1200 g/mol. The van der Waals surface area contributed by atoms with Crippen LogP contribution < -0.4 is 46.8 Å². The van der Waals surface area contributed by atoms with Crippen molar-refractivity contribution in [1.82, 2.24) is 19.8 Å². The number of nitrogens with two attached hydrogens (primary N) is 1. The third kappa shape index (κ3) is 14.8. The second-order valence-electron chi connectivity index (χ2n) is 24.7. The Bertz CT molecular complexity index is 3890. The van der Waals surface area contributed by atoms with E-state index in [1.807, 2.05) is 42.5 Å². The monoisotopic (exact) mass is 1200 g/mol. The molecule has 4 saturated heterocycles. The van der Waals surface area contributed by atoms with Crippen LogP contribution in [0, 0.1) is 0 Å². The lowest BCUT2D eigenvalue weighted by Gasteiger charge is -2.33. The summed E-state index contributed by atoms with van der Waals surface area (Å²) in [6, 6.07) is 50.3. The number of carbonyl (C=O) groups is 1. The van der Waals surface area contributed by atoms with Gasteiger partial charge in [-0.3, -0.25) is 14.4 Å². The van der Waals surface area contributed by atoms with Gasteiger partial charge in [0.2, 0.25) is 11.1 Å². The lowest BCUT2D eigenvalue weighted by Crippen LogP contribution is -2.40. The minimum absolute atomic E-state index is 0.115. The molecule has 89 heavy (non-hydrogen) atoms. The number of fused-ring (bicyclic) bond motifs is 4. The van der Waals surface area contributed by atoms with Crippen molar-refractivity contribution < 1.29 is 23.7 Å². The van der Waals surface area contributed by atoms with Gasteiger partial charge in [0.25, 0.3) is 0 Å². The maximum absolute atomic E-state index is 12.7. The first kappa shape index (κ1) is 59.3. The number of nitrogens with one attached hydrogen (secondary N) is 4. The molecule has 16 heteroatoms. The minimum atomic E-state index is -0.119. The normalized spacial score (nSPS) is 17.0. The standard InChI is InChI=1S/C38H42N4O4.C35H39N5O3/c1-26(43)21-28-7-5-27(6-8-28)11-14-41-15-12-31(13-16-41)39-32-9-10-36-30(23-32)22-29-3-2-4-34(38(29)46-36)35-24-33(25-37(44)40-35)42-17-19-45-20-18-42;36-27-6-4-24(5-7-27)10-13-39-14-11-28(12-15-39)37-29-8-9-33-26(21-29)20-25-2-1-3-31(35(25)43-33)32-22-30(23-34(41)38-32)40-16-18-42-19-17-40/h2-10,23-25,31,39H,11-22H2,1H3,(H,40,44);1-9,21-23,28,37H,10-20,36H2,(H,38,41). The van der Waals surface area contributed by atoms with Crippen LogP contribution in [-0.2, 0) is 46.4 Å². The lowest BCUT2D eigenvalue weighted by molar-refractivity contribution is -0.116. The third-order valence-electron chi connectivity index (χ3n) is 18.3. The van der Waals surface area contributed by atoms with E-state index in [1.165, 1.54) is 16.7 Å². The van der Waals surface area contributed by atoms with Crippen LogP contribution in [0.2, 0.25) is 0 Å². The Kier molecular flexibility index (Phi) is 18.2. The highest BCUT2D eigenvalue weighted by Crippen LogP contribution is 2.45. The number of rotatable bonds is 16. The van der Waals surface area contributed by atoms with Crippen LogP contribution >= 0.6 is 0 Å². The van der Waals surface area contributed by atoms with E-state index in [4.69, 9.17) is 24.7 Å². The fourth-order valence-corrected chi connectivity index (χ4v) is 13.4. The number of benzene rings is 6. The van der Waals surface area contributed by atoms with Crippen molar-refractivity contribution >= 4 is 34.2 Å². The molecule has 0 amide bonds. The number of morpholine rings is 2. The Hall–Kier alpha value is -8.67. The number of anilines is 5. The number of hydrogen-bond acceptors (Lipinski definition) is 14. The molecule has 0 unspecified atom stereocenters. The molecule has 0 aliphatic carbocycles. The quantitative estimate of drug-likeness (QED) is 0.0576. The molecule has 6 aliphatic heterocycles. The molecule has 0 atom stereocenters. The van der Waals surface area contributed by atoms with Gasteiger partial charge in [0.1, 0.15) is 28.8 Å². The molecule has 6 aliphatic rings. The summed E-state index contributed by atoms with van der Waals surface area (Å²) in [4.78, 5) is 52.3. The molecule has 2 aromatic heterocycles. The van der Waals surface area contributed by atoms with E-state index in [0.29, 0.717) is 44.9 Å². The van der Waals surface area contributed by atoms with Gasteiger partial charge in [-0.1, -0.05) is 60.7 Å². The summed E-state index contributed by atoms with van der Waals surface area (Å²) in [5.74, 6) is 3.56. The number of hydrogen-bond donors (Lipinski definition) is 5. The summed E-state index contributed by atoms with van der Waals surface area (Å²) in [5.41, 5.74) is 22.2. The maximum Gasteiger partial charge on any atom is 0.250 e. The number of para-hydroxylation sites is 2. The fraction of sp³-hybridized carbons (Fsp3) is 0.356. The number of aromatic amines is 2. The van der Waals surface area contributed by atoms with E-state index in [-0.39, 0.29) is 16.9 Å².